The van der Waals surface area contributed by atoms with E-state index < -0.39 is 0 Å². The molecule has 0 amide bonds. The van der Waals surface area contributed by atoms with Crippen LogP contribution in [-0.2, 0) is 0 Å². The summed E-state index contributed by atoms with van der Waals surface area (Å²) in [6, 6.07) is 10.9. The Hall–Kier alpha value is -0.820. The quantitative estimate of drug-likeness (QED) is 0.797. The molecule has 2 aliphatic carbocycles. The van der Waals surface area contributed by atoms with Crippen LogP contribution in [-0.4, -0.2) is 10.7 Å². The first-order valence-corrected chi connectivity index (χ1v) is 8.84. The summed E-state index contributed by atoms with van der Waals surface area (Å²) in [4.78, 5) is 0. The molecule has 0 aliphatic heterocycles. The van der Waals surface area contributed by atoms with Crippen molar-refractivity contribution in [2.24, 2.45) is 17.8 Å². The van der Waals surface area contributed by atoms with Gasteiger partial charge in [-0.05, 0) is 74.2 Å². The highest BCUT2D eigenvalue weighted by Gasteiger charge is 2.42. The second-order valence-corrected chi connectivity index (χ2v) is 7.90. The van der Waals surface area contributed by atoms with Gasteiger partial charge in [0.1, 0.15) is 0 Å². The Balaban J connectivity index is 1.64. The third-order valence-corrected chi connectivity index (χ3v) is 6.06. The number of hydrogen-bond donors (Lipinski definition) is 1. The molecule has 21 heavy (non-hydrogen) atoms. The Morgan fingerprint density at radius 2 is 1.48 bits per heavy atom. The molecule has 2 aliphatic rings. The summed E-state index contributed by atoms with van der Waals surface area (Å²) >= 11 is 0. The summed E-state index contributed by atoms with van der Waals surface area (Å²) in [6.07, 6.45) is 8.11. The molecule has 1 heteroatoms. The largest absolute Gasteiger partial charge is 0.390 e. The monoisotopic (exact) mass is 286 g/mol. The summed E-state index contributed by atoms with van der Waals surface area (Å²) in [6.45, 7) is 4.73. The Bertz CT molecular complexity index is 434. The van der Waals surface area contributed by atoms with Crippen LogP contribution in [0.5, 0.6) is 0 Å². The number of benzene rings is 1. The fourth-order valence-electron chi connectivity index (χ4n) is 4.97. The van der Waals surface area contributed by atoms with E-state index in [4.69, 9.17) is 0 Å². The highest BCUT2D eigenvalue weighted by Crippen LogP contribution is 2.47. The average molecular weight is 286 g/mol. The fraction of sp³-hybridized carbons (Fsp3) is 0.700. The molecule has 3 rings (SSSR count). The molecule has 0 radical (unpaired) electrons. The zero-order valence-corrected chi connectivity index (χ0v) is 13.6. The van der Waals surface area contributed by atoms with Crippen LogP contribution in [0.25, 0.3) is 0 Å². The first kappa shape index (κ1) is 15.1. The van der Waals surface area contributed by atoms with E-state index >= 15 is 0 Å². The lowest BCUT2D eigenvalue weighted by atomic mass is 9.63. The van der Waals surface area contributed by atoms with Crippen molar-refractivity contribution in [1.29, 1.82) is 0 Å². The van der Waals surface area contributed by atoms with Gasteiger partial charge < -0.3 is 5.11 Å². The van der Waals surface area contributed by atoms with Crippen molar-refractivity contribution in [2.75, 3.05) is 0 Å². The van der Waals surface area contributed by atoms with Gasteiger partial charge in [0.25, 0.3) is 0 Å². The molecule has 1 aromatic rings. The third-order valence-electron chi connectivity index (χ3n) is 6.06. The predicted octanol–water partition coefficient (Wildman–Crippen LogP) is 5.15. The van der Waals surface area contributed by atoms with E-state index in [1.165, 1.54) is 24.8 Å². The maximum absolute atomic E-state index is 11.2. The van der Waals surface area contributed by atoms with Gasteiger partial charge >= 0.3 is 0 Å². The second kappa shape index (κ2) is 6.12. The lowest BCUT2D eigenvalue weighted by Gasteiger charge is -2.46. The van der Waals surface area contributed by atoms with Crippen LogP contribution in [0.15, 0.2) is 30.3 Å². The van der Waals surface area contributed by atoms with Crippen LogP contribution in [0.3, 0.4) is 0 Å². The maximum atomic E-state index is 11.2. The van der Waals surface area contributed by atoms with Crippen molar-refractivity contribution in [3.8, 4) is 0 Å². The molecule has 2 fully saturated rings. The van der Waals surface area contributed by atoms with Gasteiger partial charge in [-0.1, -0.05) is 44.2 Å². The first-order chi connectivity index (χ1) is 10.1. The summed E-state index contributed by atoms with van der Waals surface area (Å²) in [7, 11) is 0. The molecule has 2 unspecified atom stereocenters. The van der Waals surface area contributed by atoms with Gasteiger partial charge in [-0.15, -0.1) is 0 Å². The minimum Gasteiger partial charge on any atom is -0.390 e. The lowest BCUT2D eigenvalue weighted by Crippen LogP contribution is -2.44. The van der Waals surface area contributed by atoms with E-state index in [2.05, 4.69) is 44.2 Å². The van der Waals surface area contributed by atoms with E-state index in [1.807, 2.05) is 0 Å². The molecule has 0 heterocycles. The number of aliphatic hydroxyl groups is 1. The van der Waals surface area contributed by atoms with Crippen molar-refractivity contribution < 1.29 is 5.11 Å². The van der Waals surface area contributed by atoms with Gasteiger partial charge in [-0.2, -0.15) is 0 Å². The Kier molecular flexibility index (Phi) is 4.40. The van der Waals surface area contributed by atoms with Crippen molar-refractivity contribution >= 4 is 0 Å². The Morgan fingerprint density at radius 3 is 2.05 bits per heavy atom. The van der Waals surface area contributed by atoms with Crippen LogP contribution in [0, 0.1) is 17.8 Å². The molecule has 0 aromatic heterocycles. The van der Waals surface area contributed by atoms with Crippen molar-refractivity contribution in [3.63, 3.8) is 0 Å². The van der Waals surface area contributed by atoms with Crippen molar-refractivity contribution in [1.82, 2.24) is 0 Å². The van der Waals surface area contributed by atoms with Crippen molar-refractivity contribution in [3.05, 3.63) is 35.9 Å². The fourth-order valence-corrected chi connectivity index (χ4v) is 4.97. The maximum Gasteiger partial charge on any atom is 0.0676 e. The minimum absolute atomic E-state index is 0.381. The van der Waals surface area contributed by atoms with Crippen LogP contribution >= 0.6 is 0 Å². The molecule has 116 valence electrons. The molecule has 1 nitrogen and oxygen atoms in total. The summed E-state index contributed by atoms with van der Waals surface area (Å²) in [5.41, 5.74) is 1.08. The van der Waals surface area contributed by atoms with Gasteiger partial charge in [-0.3, -0.25) is 0 Å². The van der Waals surface area contributed by atoms with E-state index in [0.717, 1.165) is 37.5 Å². The van der Waals surface area contributed by atoms with Gasteiger partial charge in [0.15, 0.2) is 0 Å². The molecule has 1 aromatic carbocycles. The number of hydrogen-bond acceptors (Lipinski definition) is 1. The zero-order chi connectivity index (χ0) is 14.9. The molecule has 2 saturated carbocycles. The summed E-state index contributed by atoms with van der Waals surface area (Å²) in [5, 5.41) is 11.2. The molecule has 2 atom stereocenters. The van der Waals surface area contributed by atoms with E-state index in [1.54, 1.807) is 0 Å². The van der Waals surface area contributed by atoms with Gasteiger partial charge in [0, 0.05) is 0 Å². The topological polar surface area (TPSA) is 20.2 Å². The highest BCUT2D eigenvalue weighted by atomic mass is 16.3. The Labute approximate surface area is 129 Å². The second-order valence-electron chi connectivity index (χ2n) is 7.90. The van der Waals surface area contributed by atoms with E-state index in [-0.39, 0.29) is 5.60 Å². The minimum atomic E-state index is -0.381. The normalized spacial score (nSPS) is 40.9. The third kappa shape index (κ3) is 3.34. The molecular weight excluding hydrogens is 256 g/mol. The van der Waals surface area contributed by atoms with Gasteiger partial charge in [-0.25, -0.2) is 0 Å². The van der Waals surface area contributed by atoms with Crippen molar-refractivity contribution in [2.45, 2.75) is 70.3 Å². The summed E-state index contributed by atoms with van der Waals surface area (Å²) in [5.74, 6) is 2.77. The van der Waals surface area contributed by atoms with Crippen LogP contribution in [0.4, 0.5) is 0 Å². The standard InChI is InChI=1S/C20H30O/c1-15-12-16(2)14-19(13-15)20(21)10-8-18(9-11-20)17-6-4-3-5-7-17/h3-7,15-16,18-19,21H,8-14H2,1-2H3. The smallest absolute Gasteiger partial charge is 0.0676 e. The zero-order valence-electron chi connectivity index (χ0n) is 13.6. The average Bonchev–Trinajstić information content (AvgIpc) is 2.48. The molecule has 0 spiro atoms. The van der Waals surface area contributed by atoms with Gasteiger partial charge in [0.2, 0.25) is 0 Å². The molecule has 0 saturated heterocycles. The highest BCUT2D eigenvalue weighted by molar-refractivity contribution is 5.20. The lowest BCUT2D eigenvalue weighted by molar-refractivity contribution is -0.0770. The van der Waals surface area contributed by atoms with E-state index in [9.17, 15) is 5.11 Å². The SMILES string of the molecule is CC1CC(C)CC(C2(O)CCC(c3ccccc3)CC2)C1. The molecule has 1 N–H and O–H groups in total. The summed E-state index contributed by atoms with van der Waals surface area (Å²) < 4.78 is 0. The molecule has 0 bridgehead atoms. The first-order valence-electron chi connectivity index (χ1n) is 8.84. The number of rotatable bonds is 2. The van der Waals surface area contributed by atoms with E-state index in [0.29, 0.717) is 11.8 Å². The Morgan fingerprint density at radius 1 is 0.905 bits per heavy atom. The molecular formula is C20H30O. The van der Waals surface area contributed by atoms with Crippen LogP contribution < -0.4 is 0 Å². The van der Waals surface area contributed by atoms with Gasteiger partial charge in [0.05, 0.1) is 5.60 Å². The van der Waals surface area contributed by atoms with Crippen LogP contribution in [0.1, 0.15) is 70.3 Å². The van der Waals surface area contributed by atoms with Crippen LogP contribution in [0.2, 0.25) is 0 Å². The predicted molar refractivity (Wildman–Crippen MR) is 88.3 cm³/mol.